The predicted octanol–water partition coefficient (Wildman–Crippen LogP) is -0.117. The lowest BCUT2D eigenvalue weighted by Crippen LogP contribution is -2.61. The molecule has 1 aliphatic rings. The molecule has 1 aliphatic heterocycles. The molecular weight excluding hydrogens is 422 g/mol. The van der Waals surface area contributed by atoms with Crippen molar-refractivity contribution in [2.45, 2.75) is 12.6 Å². The number of aliphatic carboxylic acids is 1. The van der Waals surface area contributed by atoms with E-state index in [-0.39, 0.29) is 36.6 Å². The third-order valence-electron chi connectivity index (χ3n) is 2.93. The van der Waals surface area contributed by atoms with Crippen LogP contribution >= 0.6 is 34.9 Å². The minimum absolute atomic E-state index is 0.0149. The number of oxime groups is 1. The van der Waals surface area contributed by atoms with Crippen LogP contribution in [0.25, 0.3) is 0 Å². The van der Waals surface area contributed by atoms with Gasteiger partial charge in [-0.1, -0.05) is 5.16 Å². The third kappa shape index (κ3) is 6.69. The number of rotatable bonds is 10. The number of hydrogen-bond acceptors (Lipinski definition) is 9. The van der Waals surface area contributed by atoms with Crippen molar-refractivity contribution >= 4 is 69.9 Å². The Morgan fingerprint density at radius 2 is 2.33 bits per heavy atom. The van der Waals surface area contributed by atoms with E-state index in [2.05, 4.69) is 20.8 Å². The van der Waals surface area contributed by atoms with Gasteiger partial charge in [0.2, 0.25) is 5.91 Å². The number of carboxylic acids is 1. The first kappa shape index (κ1) is 20.9. The number of nitrogens with zero attached hydrogens (tertiary/aromatic N) is 3. The molecule has 14 heteroatoms. The number of halogens is 1. The Kier molecular flexibility index (Phi) is 7.82. The van der Waals surface area contributed by atoms with Crippen molar-refractivity contribution in [3.05, 3.63) is 11.1 Å². The molecule has 1 atom stereocenters. The fourth-order valence-corrected chi connectivity index (χ4v) is 3.29. The van der Waals surface area contributed by atoms with E-state index >= 15 is 0 Å². The van der Waals surface area contributed by atoms with Gasteiger partial charge in [0.05, 0.1) is 12.2 Å². The summed E-state index contributed by atoms with van der Waals surface area (Å²) >= 11 is 7.43. The van der Waals surface area contributed by atoms with E-state index in [1.807, 2.05) is 0 Å². The summed E-state index contributed by atoms with van der Waals surface area (Å²) in [5.74, 6) is -2.81. The molecule has 1 unspecified atom stereocenters. The molecule has 2 heterocycles. The molecule has 3 amide bonds. The number of carboxylic acid groups (broad SMARTS) is 1. The molecule has 146 valence electrons. The Balaban J connectivity index is 1.65. The number of alkyl halides is 1. The number of nitrogens with one attached hydrogen (secondary N) is 2. The zero-order valence-corrected chi connectivity index (χ0v) is 16.0. The van der Waals surface area contributed by atoms with Crippen LogP contribution in [0.2, 0.25) is 0 Å². The topological polar surface area (TPSA) is 150 Å². The monoisotopic (exact) mass is 435 g/mol. The van der Waals surface area contributed by atoms with Crippen LogP contribution in [-0.2, 0) is 30.6 Å². The van der Waals surface area contributed by atoms with E-state index in [1.54, 1.807) is 5.38 Å². The largest absolute Gasteiger partial charge is 0.481 e. The maximum absolute atomic E-state index is 11.7. The third-order valence-corrected chi connectivity index (χ3v) is 5.00. The summed E-state index contributed by atoms with van der Waals surface area (Å²) in [5.41, 5.74) is 0.502. The Labute approximate surface area is 166 Å². The molecule has 0 spiro atoms. The second-order valence-electron chi connectivity index (χ2n) is 4.96. The second kappa shape index (κ2) is 10.1. The molecule has 3 N–H and O–H groups in total. The van der Waals surface area contributed by atoms with Crippen LogP contribution in [0.15, 0.2) is 10.5 Å². The molecule has 0 radical (unpaired) electrons. The average Bonchev–Trinajstić information content (AvgIpc) is 3.07. The smallest absolute Gasteiger partial charge is 0.315 e. The van der Waals surface area contributed by atoms with E-state index in [1.165, 1.54) is 15.6 Å². The van der Waals surface area contributed by atoms with Crippen LogP contribution in [0.5, 0.6) is 0 Å². The first-order valence-corrected chi connectivity index (χ1v) is 9.67. The summed E-state index contributed by atoms with van der Waals surface area (Å²) in [6.45, 7) is 0.200. The normalized spacial score (nSPS) is 16.1. The quantitative estimate of drug-likeness (QED) is 0.151. The summed E-state index contributed by atoms with van der Waals surface area (Å²) in [7, 11) is 0. The molecule has 1 saturated heterocycles. The number of anilines is 1. The first-order chi connectivity index (χ1) is 12.9. The van der Waals surface area contributed by atoms with Crippen LogP contribution < -0.4 is 10.6 Å². The van der Waals surface area contributed by atoms with Gasteiger partial charge in [-0.2, -0.15) is 0 Å². The molecule has 27 heavy (non-hydrogen) atoms. The van der Waals surface area contributed by atoms with Gasteiger partial charge in [-0.15, -0.1) is 22.9 Å². The molecule has 11 nitrogen and oxygen atoms in total. The number of aromatic nitrogens is 1. The SMILES string of the molecule is O=C(O)CSN1CC(NC(=O)C=NOCc2csc(NC(=O)CCl)n2)C1=O. The summed E-state index contributed by atoms with van der Waals surface area (Å²) < 4.78 is 1.26. The van der Waals surface area contributed by atoms with Gasteiger partial charge in [-0.3, -0.25) is 23.5 Å². The summed E-state index contributed by atoms with van der Waals surface area (Å²) in [6.07, 6.45) is 0.878. The highest BCUT2D eigenvalue weighted by Crippen LogP contribution is 2.20. The van der Waals surface area contributed by atoms with Gasteiger partial charge in [0.15, 0.2) is 11.7 Å². The standard InChI is InChI=1S/C13H14ClN5O6S2/c14-1-9(20)18-13-16-7(5-26-13)4-25-15-2-10(21)17-8-3-19(12(8)24)27-6-11(22)23/h2,5,8H,1,3-4,6H2,(H,17,21)(H,22,23)(H,16,18,20). The summed E-state index contributed by atoms with van der Waals surface area (Å²) in [6, 6.07) is -0.711. The van der Waals surface area contributed by atoms with Gasteiger partial charge in [-0.25, -0.2) is 4.98 Å². The molecule has 0 saturated carbocycles. The van der Waals surface area contributed by atoms with Gasteiger partial charge in [0.25, 0.3) is 11.8 Å². The number of carbonyl (C=O) groups is 4. The van der Waals surface area contributed by atoms with E-state index in [9.17, 15) is 19.2 Å². The lowest BCUT2D eigenvalue weighted by molar-refractivity contribution is -0.138. The van der Waals surface area contributed by atoms with Crippen molar-refractivity contribution in [3.63, 3.8) is 0 Å². The minimum Gasteiger partial charge on any atom is -0.481 e. The molecule has 1 aromatic heterocycles. The number of β-lactam (4-membered cyclic amide) rings is 1. The fraction of sp³-hybridized carbons (Fsp3) is 0.385. The van der Waals surface area contributed by atoms with Crippen molar-refractivity contribution in [2.75, 3.05) is 23.5 Å². The minimum atomic E-state index is -1.03. The summed E-state index contributed by atoms with van der Waals surface area (Å²) in [5, 5.41) is 19.0. The lowest BCUT2D eigenvalue weighted by Gasteiger charge is -2.36. The van der Waals surface area contributed by atoms with Crippen molar-refractivity contribution < 1.29 is 29.1 Å². The fourth-order valence-electron chi connectivity index (χ4n) is 1.73. The van der Waals surface area contributed by atoms with Crippen LogP contribution in [0, 0.1) is 0 Å². The molecule has 2 rings (SSSR count). The molecule has 0 bridgehead atoms. The Hall–Kier alpha value is -2.38. The van der Waals surface area contributed by atoms with Crippen LogP contribution in [0.3, 0.4) is 0 Å². The number of hydrogen-bond donors (Lipinski definition) is 3. The molecule has 1 aromatic rings. The zero-order chi connectivity index (χ0) is 19.8. The van der Waals surface area contributed by atoms with Crippen LogP contribution in [0.4, 0.5) is 5.13 Å². The van der Waals surface area contributed by atoms with Crippen LogP contribution in [0.1, 0.15) is 5.69 Å². The number of carbonyl (C=O) groups excluding carboxylic acids is 3. The maximum Gasteiger partial charge on any atom is 0.315 e. The van der Waals surface area contributed by atoms with Gasteiger partial charge in [0, 0.05) is 5.38 Å². The van der Waals surface area contributed by atoms with E-state index in [4.69, 9.17) is 21.5 Å². The predicted molar refractivity (Wildman–Crippen MR) is 98.5 cm³/mol. The van der Waals surface area contributed by atoms with Crippen molar-refractivity contribution in [3.8, 4) is 0 Å². The first-order valence-electron chi connectivity index (χ1n) is 7.31. The van der Waals surface area contributed by atoms with Gasteiger partial charge < -0.3 is 20.6 Å². The number of thiazole rings is 1. The Bertz CT molecular complexity index is 757. The van der Waals surface area contributed by atoms with E-state index < -0.39 is 17.9 Å². The van der Waals surface area contributed by atoms with E-state index in [0.29, 0.717) is 10.8 Å². The second-order valence-corrected chi connectivity index (χ2v) is 7.07. The highest BCUT2D eigenvalue weighted by atomic mass is 35.5. The Morgan fingerprint density at radius 3 is 3.00 bits per heavy atom. The molecular formula is C13H14ClN5O6S2. The molecule has 1 fully saturated rings. The maximum atomic E-state index is 11.7. The van der Waals surface area contributed by atoms with Crippen molar-refractivity contribution in [1.82, 2.24) is 14.6 Å². The van der Waals surface area contributed by atoms with Gasteiger partial charge in [0.1, 0.15) is 23.9 Å². The number of amides is 3. The highest BCUT2D eigenvalue weighted by Gasteiger charge is 2.38. The van der Waals surface area contributed by atoms with Gasteiger partial charge >= 0.3 is 5.97 Å². The van der Waals surface area contributed by atoms with E-state index in [0.717, 1.165) is 18.2 Å². The zero-order valence-electron chi connectivity index (χ0n) is 13.6. The molecule has 0 aliphatic carbocycles. The summed E-state index contributed by atoms with van der Waals surface area (Å²) in [4.78, 5) is 53.9. The molecule has 0 aromatic carbocycles. The lowest BCUT2D eigenvalue weighted by atomic mass is 10.1. The highest BCUT2D eigenvalue weighted by molar-refractivity contribution is 7.98. The average molecular weight is 436 g/mol. The van der Waals surface area contributed by atoms with Crippen LogP contribution in [-0.4, -0.2) is 68.5 Å². The van der Waals surface area contributed by atoms with Gasteiger partial charge in [-0.05, 0) is 11.9 Å². The van der Waals surface area contributed by atoms with Crippen molar-refractivity contribution in [1.29, 1.82) is 0 Å². The van der Waals surface area contributed by atoms with Crippen molar-refractivity contribution in [2.24, 2.45) is 5.16 Å². The Morgan fingerprint density at radius 1 is 1.56 bits per heavy atom.